The molecule has 3 aromatic rings. The topological polar surface area (TPSA) is 52.0 Å². The van der Waals surface area contributed by atoms with Crippen molar-refractivity contribution in [1.82, 2.24) is 4.98 Å². The van der Waals surface area contributed by atoms with Crippen molar-refractivity contribution in [2.45, 2.75) is 0 Å². The zero-order valence-electron chi connectivity index (χ0n) is 8.11. The van der Waals surface area contributed by atoms with E-state index in [1.807, 2.05) is 29.6 Å². The van der Waals surface area contributed by atoms with Gasteiger partial charge in [0.05, 0.1) is 10.6 Å². The van der Waals surface area contributed by atoms with E-state index >= 15 is 0 Å². The molecule has 80 valence electrons. The maximum Gasteiger partial charge on any atom is 0.230 e. The fourth-order valence-electron chi connectivity index (χ4n) is 1.51. The molecule has 16 heavy (non-hydrogen) atoms. The molecule has 2 N–H and O–H groups in total. The minimum Gasteiger partial charge on any atom is -0.436 e. The van der Waals surface area contributed by atoms with E-state index in [0.717, 1.165) is 26.1 Å². The van der Waals surface area contributed by atoms with Crippen molar-refractivity contribution in [3.05, 3.63) is 34.1 Å². The summed E-state index contributed by atoms with van der Waals surface area (Å²) in [5.41, 5.74) is 8.29. The van der Waals surface area contributed by atoms with Gasteiger partial charge < -0.3 is 10.2 Å². The number of nitrogens with two attached hydrogens (primary N) is 1. The van der Waals surface area contributed by atoms with Crippen LogP contribution in [0.25, 0.3) is 22.6 Å². The third-order valence-corrected chi connectivity index (χ3v) is 3.51. The van der Waals surface area contributed by atoms with Crippen LogP contribution in [-0.4, -0.2) is 4.98 Å². The minimum atomic E-state index is 0.576. The highest BCUT2D eigenvalue weighted by atomic mass is 79.9. The molecular weight excluding hydrogens is 288 g/mol. The first-order valence-corrected chi connectivity index (χ1v) is 6.31. The Labute approximate surface area is 104 Å². The molecule has 2 heterocycles. The van der Waals surface area contributed by atoms with Crippen LogP contribution >= 0.6 is 27.3 Å². The van der Waals surface area contributed by atoms with Crippen molar-refractivity contribution in [2.24, 2.45) is 0 Å². The van der Waals surface area contributed by atoms with Gasteiger partial charge in [-0.05, 0) is 29.6 Å². The number of rotatable bonds is 1. The molecule has 5 heteroatoms. The fraction of sp³-hybridized carbons (Fsp3) is 0. The fourth-order valence-corrected chi connectivity index (χ4v) is 2.50. The Morgan fingerprint density at radius 2 is 2.19 bits per heavy atom. The Balaban J connectivity index is 2.23. The zero-order chi connectivity index (χ0) is 11.1. The first kappa shape index (κ1) is 9.86. The van der Waals surface area contributed by atoms with Crippen LogP contribution in [0.15, 0.2) is 38.5 Å². The number of nitrogen functional groups attached to an aromatic ring is 1. The number of halogens is 1. The van der Waals surface area contributed by atoms with Crippen LogP contribution in [0, 0.1) is 0 Å². The lowest BCUT2D eigenvalue weighted by Crippen LogP contribution is -1.82. The van der Waals surface area contributed by atoms with Crippen LogP contribution in [-0.2, 0) is 0 Å². The van der Waals surface area contributed by atoms with Crippen molar-refractivity contribution in [1.29, 1.82) is 0 Å². The molecule has 0 saturated carbocycles. The summed E-state index contributed by atoms with van der Waals surface area (Å²) in [6, 6.07) is 7.65. The highest BCUT2D eigenvalue weighted by Crippen LogP contribution is 2.32. The predicted octanol–water partition coefficient (Wildman–Crippen LogP) is 3.90. The second-order valence-corrected chi connectivity index (χ2v) is 5.19. The van der Waals surface area contributed by atoms with Gasteiger partial charge in [0, 0.05) is 4.47 Å². The van der Waals surface area contributed by atoms with Crippen molar-refractivity contribution in [3.8, 4) is 11.5 Å². The maximum atomic E-state index is 5.83. The Kier molecular flexibility index (Phi) is 2.22. The number of hydrogen-bond acceptors (Lipinski definition) is 4. The number of anilines is 1. The maximum absolute atomic E-state index is 5.83. The molecule has 0 aliphatic carbocycles. The van der Waals surface area contributed by atoms with E-state index in [1.54, 1.807) is 0 Å². The summed E-state index contributed by atoms with van der Waals surface area (Å²) in [5.74, 6) is 0.576. The number of thiophene rings is 1. The smallest absolute Gasteiger partial charge is 0.230 e. The first-order valence-electron chi connectivity index (χ1n) is 4.63. The van der Waals surface area contributed by atoms with E-state index in [4.69, 9.17) is 10.2 Å². The molecule has 3 rings (SSSR count). The van der Waals surface area contributed by atoms with Gasteiger partial charge >= 0.3 is 0 Å². The number of hydrogen-bond donors (Lipinski definition) is 1. The molecule has 0 atom stereocenters. The molecule has 0 radical (unpaired) electrons. The van der Waals surface area contributed by atoms with Crippen LogP contribution in [0.3, 0.4) is 0 Å². The largest absolute Gasteiger partial charge is 0.436 e. The van der Waals surface area contributed by atoms with Gasteiger partial charge in [0.15, 0.2) is 5.58 Å². The lowest BCUT2D eigenvalue weighted by molar-refractivity contribution is 0.620. The highest BCUT2D eigenvalue weighted by Gasteiger charge is 2.11. The van der Waals surface area contributed by atoms with E-state index in [2.05, 4.69) is 20.9 Å². The second kappa shape index (κ2) is 3.61. The Bertz CT molecular complexity index is 659. The van der Waals surface area contributed by atoms with Crippen LogP contribution in [0.4, 0.5) is 5.00 Å². The molecule has 0 bridgehead atoms. The number of aromatic nitrogens is 1. The standard InChI is InChI=1S/C11H7BrN2OS/c12-6-1-2-9-8(5-6)14-11(15-9)7-3-4-16-10(7)13/h1-5H,13H2. The molecular formula is C11H7BrN2OS. The van der Waals surface area contributed by atoms with Gasteiger partial charge in [-0.25, -0.2) is 4.98 Å². The Morgan fingerprint density at radius 3 is 2.94 bits per heavy atom. The average molecular weight is 295 g/mol. The van der Waals surface area contributed by atoms with E-state index in [0.29, 0.717) is 5.89 Å². The SMILES string of the molecule is Nc1sccc1-c1nc2cc(Br)ccc2o1. The monoisotopic (exact) mass is 294 g/mol. The summed E-state index contributed by atoms with van der Waals surface area (Å²) in [6.45, 7) is 0. The normalized spacial score (nSPS) is 11.1. The number of benzene rings is 1. The van der Waals surface area contributed by atoms with Crippen molar-refractivity contribution in [2.75, 3.05) is 5.73 Å². The third-order valence-electron chi connectivity index (χ3n) is 2.28. The van der Waals surface area contributed by atoms with Gasteiger partial charge in [-0.3, -0.25) is 0 Å². The van der Waals surface area contributed by atoms with Gasteiger partial charge in [-0.15, -0.1) is 11.3 Å². The van der Waals surface area contributed by atoms with Gasteiger partial charge in [-0.2, -0.15) is 0 Å². The van der Waals surface area contributed by atoms with Crippen LogP contribution < -0.4 is 5.73 Å². The molecule has 1 aromatic carbocycles. The molecule has 3 nitrogen and oxygen atoms in total. The average Bonchev–Trinajstić information content (AvgIpc) is 2.82. The van der Waals surface area contributed by atoms with Gasteiger partial charge in [0.1, 0.15) is 5.52 Å². The van der Waals surface area contributed by atoms with E-state index < -0.39 is 0 Å². The summed E-state index contributed by atoms with van der Waals surface area (Å²) >= 11 is 4.88. The number of fused-ring (bicyclic) bond motifs is 1. The van der Waals surface area contributed by atoms with Crippen LogP contribution in [0.2, 0.25) is 0 Å². The molecule has 2 aromatic heterocycles. The summed E-state index contributed by atoms with van der Waals surface area (Å²) in [6.07, 6.45) is 0. The van der Waals surface area contributed by atoms with E-state index in [-0.39, 0.29) is 0 Å². The van der Waals surface area contributed by atoms with E-state index in [9.17, 15) is 0 Å². The summed E-state index contributed by atoms with van der Waals surface area (Å²) in [5, 5.41) is 2.65. The van der Waals surface area contributed by atoms with E-state index in [1.165, 1.54) is 11.3 Å². The summed E-state index contributed by atoms with van der Waals surface area (Å²) in [4.78, 5) is 4.41. The molecule has 0 unspecified atom stereocenters. The molecule has 0 aliphatic rings. The molecule has 0 saturated heterocycles. The molecule has 0 fully saturated rings. The van der Waals surface area contributed by atoms with Crippen LogP contribution in [0.1, 0.15) is 0 Å². The van der Waals surface area contributed by atoms with Gasteiger partial charge in [0.2, 0.25) is 5.89 Å². The third kappa shape index (κ3) is 1.52. The quantitative estimate of drug-likeness (QED) is 0.740. The highest BCUT2D eigenvalue weighted by molar-refractivity contribution is 9.10. The number of oxazole rings is 1. The van der Waals surface area contributed by atoms with Crippen LogP contribution in [0.5, 0.6) is 0 Å². The lowest BCUT2D eigenvalue weighted by atomic mass is 10.3. The second-order valence-electron chi connectivity index (χ2n) is 3.33. The Morgan fingerprint density at radius 1 is 1.31 bits per heavy atom. The van der Waals surface area contributed by atoms with Crippen molar-refractivity contribution < 1.29 is 4.42 Å². The Hall–Kier alpha value is -1.33. The van der Waals surface area contributed by atoms with Crippen molar-refractivity contribution >= 4 is 43.4 Å². The van der Waals surface area contributed by atoms with Gasteiger partial charge in [0.25, 0.3) is 0 Å². The zero-order valence-corrected chi connectivity index (χ0v) is 10.5. The minimum absolute atomic E-state index is 0.576. The number of nitrogens with zero attached hydrogens (tertiary/aromatic N) is 1. The molecule has 0 amide bonds. The lowest BCUT2D eigenvalue weighted by Gasteiger charge is -1.90. The summed E-state index contributed by atoms with van der Waals surface area (Å²) in [7, 11) is 0. The molecule has 0 spiro atoms. The molecule has 0 aliphatic heterocycles. The van der Waals surface area contributed by atoms with Gasteiger partial charge in [-0.1, -0.05) is 15.9 Å². The summed E-state index contributed by atoms with van der Waals surface area (Å²) < 4.78 is 6.63. The predicted molar refractivity (Wildman–Crippen MR) is 69.4 cm³/mol. The van der Waals surface area contributed by atoms with Crippen molar-refractivity contribution in [3.63, 3.8) is 0 Å². The first-order chi connectivity index (χ1) is 7.74.